The van der Waals surface area contributed by atoms with E-state index in [0.29, 0.717) is 16.5 Å². The molecular formula is C20H20ClNO4. The summed E-state index contributed by atoms with van der Waals surface area (Å²) >= 11 is 5.93. The van der Waals surface area contributed by atoms with Gasteiger partial charge in [-0.1, -0.05) is 41.4 Å². The third-order valence-corrected chi connectivity index (χ3v) is 3.81. The minimum Gasteiger partial charge on any atom is -0.495 e. The van der Waals surface area contributed by atoms with Gasteiger partial charge >= 0.3 is 5.97 Å². The van der Waals surface area contributed by atoms with Crippen LogP contribution in [0.4, 0.5) is 5.69 Å². The van der Waals surface area contributed by atoms with Crippen LogP contribution in [0, 0.1) is 6.92 Å². The summed E-state index contributed by atoms with van der Waals surface area (Å²) in [6, 6.07) is 12.5. The highest BCUT2D eigenvalue weighted by molar-refractivity contribution is 6.31. The second-order valence-electron chi connectivity index (χ2n) is 5.66. The number of aryl methyl sites for hydroxylation is 1. The van der Waals surface area contributed by atoms with E-state index in [1.807, 2.05) is 31.2 Å². The van der Waals surface area contributed by atoms with Crippen LogP contribution in [0.15, 0.2) is 48.5 Å². The average molecular weight is 374 g/mol. The van der Waals surface area contributed by atoms with Crippen LogP contribution in [0.3, 0.4) is 0 Å². The molecule has 0 aliphatic heterocycles. The molecule has 136 valence electrons. The van der Waals surface area contributed by atoms with Crippen LogP contribution in [0.1, 0.15) is 18.1 Å². The molecule has 0 fully saturated rings. The lowest BCUT2D eigenvalue weighted by molar-refractivity contribution is -0.148. The van der Waals surface area contributed by atoms with E-state index in [4.69, 9.17) is 21.1 Å². The smallest absolute Gasteiger partial charge is 0.331 e. The molecular weight excluding hydrogens is 354 g/mol. The molecule has 0 radical (unpaired) electrons. The highest BCUT2D eigenvalue weighted by Gasteiger charge is 2.18. The Hall–Kier alpha value is -2.79. The van der Waals surface area contributed by atoms with E-state index in [-0.39, 0.29) is 0 Å². The standard InChI is InChI=1S/C20H20ClNO4/c1-13-4-6-15(7-5-13)8-11-19(23)26-14(2)20(24)22-17-12-16(21)9-10-18(17)25-3/h4-12,14H,1-3H3,(H,22,24)/b11-8+/t14-/m0/s1. The first-order chi connectivity index (χ1) is 12.4. The number of esters is 1. The van der Waals surface area contributed by atoms with Crippen molar-refractivity contribution in [1.82, 2.24) is 0 Å². The van der Waals surface area contributed by atoms with E-state index < -0.39 is 18.0 Å². The molecule has 0 aliphatic carbocycles. The van der Waals surface area contributed by atoms with Crippen molar-refractivity contribution >= 4 is 35.2 Å². The molecule has 2 rings (SSSR count). The van der Waals surface area contributed by atoms with Gasteiger partial charge in [0.15, 0.2) is 6.10 Å². The molecule has 0 spiro atoms. The lowest BCUT2D eigenvalue weighted by Crippen LogP contribution is -2.29. The lowest BCUT2D eigenvalue weighted by Gasteiger charge is -2.14. The van der Waals surface area contributed by atoms with Crippen molar-refractivity contribution in [2.45, 2.75) is 20.0 Å². The van der Waals surface area contributed by atoms with Crippen molar-refractivity contribution in [2.75, 3.05) is 12.4 Å². The molecule has 0 heterocycles. The van der Waals surface area contributed by atoms with E-state index in [1.165, 1.54) is 20.1 Å². The average Bonchev–Trinajstić information content (AvgIpc) is 2.61. The van der Waals surface area contributed by atoms with Gasteiger partial charge in [0.05, 0.1) is 12.8 Å². The number of rotatable bonds is 6. The number of ether oxygens (including phenoxy) is 2. The van der Waals surface area contributed by atoms with Crippen LogP contribution in [0.25, 0.3) is 6.08 Å². The number of carbonyl (C=O) groups excluding carboxylic acids is 2. The number of nitrogens with one attached hydrogen (secondary N) is 1. The Bertz CT molecular complexity index is 815. The van der Waals surface area contributed by atoms with E-state index in [1.54, 1.807) is 24.3 Å². The fourth-order valence-corrected chi connectivity index (χ4v) is 2.29. The Morgan fingerprint density at radius 3 is 2.50 bits per heavy atom. The number of methoxy groups -OCH3 is 1. The van der Waals surface area contributed by atoms with Gasteiger partial charge in [0, 0.05) is 11.1 Å². The molecule has 1 atom stereocenters. The molecule has 0 saturated heterocycles. The minimum atomic E-state index is -0.978. The quantitative estimate of drug-likeness (QED) is 0.607. The van der Waals surface area contributed by atoms with Crippen LogP contribution in [-0.4, -0.2) is 25.1 Å². The Kier molecular flexibility index (Phi) is 6.81. The highest BCUT2D eigenvalue weighted by Crippen LogP contribution is 2.27. The van der Waals surface area contributed by atoms with Crippen molar-refractivity contribution in [1.29, 1.82) is 0 Å². The monoisotopic (exact) mass is 373 g/mol. The molecule has 0 saturated carbocycles. The molecule has 0 unspecified atom stereocenters. The number of amides is 1. The number of benzene rings is 2. The fourth-order valence-electron chi connectivity index (χ4n) is 2.12. The van der Waals surface area contributed by atoms with Crippen LogP contribution in [0.2, 0.25) is 5.02 Å². The third-order valence-electron chi connectivity index (χ3n) is 3.57. The van der Waals surface area contributed by atoms with Gasteiger partial charge in [-0.05, 0) is 43.7 Å². The van der Waals surface area contributed by atoms with E-state index in [2.05, 4.69) is 5.32 Å². The second kappa shape index (κ2) is 9.06. The van der Waals surface area contributed by atoms with Crippen molar-refractivity contribution < 1.29 is 19.1 Å². The molecule has 1 N–H and O–H groups in total. The van der Waals surface area contributed by atoms with Gasteiger partial charge in [-0.15, -0.1) is 0 Å². The third kappa shape index (κ3) is 5.63. The summed E-state index contributed by atoms with van der Waals surface area (Å²) in [5, 5.41) is 3.09. The molecule has 0 bridgehead atoms. The first-order valence-corrected chi connectivity index (χ1v) is 8.36. The van der Waals surface area contributed by atoms with Crippen LogP contribution >= 0.6 is 11.6 Å². The molecule has 2 aromatic rings. The van der Waals surface area contributed by atoms with Gasteiger partial charge in [0.2, 0.25) is 0 Å². The van der Waals surface area contributed by atoms with E-state index in [9.17, 15) is 9.59 Å². The van der Waals surface area contributed by atoms with E-state index in [0.717, 1.165) is 11.1 Å². The van der Waals surface area contributed by atoms with E-state index >= 15 is 0 Å². The molecule has 6 heteroatoms. The van der Waals surface area contributed by atoms with Gasteiger partial charge in [-0.25, -0.2) is 4.79 Å². The zero-order valence-electron chi connectivity index (χ0n) is 14.8. The minimum absolute atomic E-state index is 0.406. The largest absolute Gasteiger partial charge is 0.495 e. The number of hydrogen-bond acceptors (Lipinski definition) is 4. The Balaban J connectivity index is 1.95. The molecule has 1 amide bonds. The molecule has 5 nitrogen and oxygen atoms in total. The number of anilines is 1. The molecule has 0 aliphatic rings. The lowest BCUT2D eigenvalue weighted by atomic mass is 10.1. The summed E-state index contributed by atoms with van der Waals surface area (Å²) in [7, 11) is 1.48. The van der Waals surface area contributed by atoms with Crippen molar-refractivity contribution in [2.24, 2.45) is 0 Å². The first-order valence-electron chi connectivity index (χ1n) is 7.99. The first kappa shape index (κ1) is 19.5. The normalized spacial score (nSPS) is 11.8. The topological polar surface area (TPSA) is 64.6 Å². The summed E-state index contributed by atoms with van der Waals surface area (Å²) in [4.78, 5) is 24.1. The number of halogens is 1. The summed E-state index contributed by atoms with van der Waals surface area (Å²) in [5.41, 5.74) is 2.41. The molecule has 26 heavy (non-hydrogen) atoms. The van der Waals surface area contributed by atoms with Crippen molar-refractivity contribution in [3.63, 3.8) is 0 Å². The maximum absolute atomic E-state index is 12.2. The molecule has 0 aromatic heterocycles. The van der Waals surface area contributed by atoms with Crippen LogP contribution in [0.5, 0.6) is 5.75 Å². The highest BCUT2D eigenvalue weighted by atomic mass is 35.5. The summed E-state index contributed by atoms with van der Waals surface area (Å²) in [6.45, 7) is 3.47. The summed E-state index contributed by atoms with van der Waals surface area (Å²) < 4.78 is 10.3. The SMILES string of the molecule is COc1ccc(Cl)cc1NC(=O)[C@H](C)OC(=O)/C=C/c1ccc(C)cc1. The number of carbonyl (C=O) groups is 2. The van der Waals surface area contributed by atoms with Gasteiger partial charge in [-0.3, -0.25) is 4.79 Å². The predicted octanol–water partition coefficient (Wildman–Crippen LogP) is 4.24. The fraction of sp³-hybridized carbons (Fsp3) is 0.200. The predicted molar refractivity (Wildman–Crippen MR) is 102 cm³/mol. The van der Waals surface area contributed by atoms with Crippen molar-refractivity contribution in [3.05, 3.63) is 64.7 Å². The maximum atomic E-state index is 12.2. The summed E-state index contributed by atoms with van der Waals surface area (Å²) in [6.07, 6.45) is 1.94. The van der Waals surface area contributed by atoms with Gasteiger partial charge in [0.25, 0.3) is 5.91 Å². The maximum Gasteiger partial charge on any atom is 0.331 e. The van der Waals surface area contributed by atoms with Gasteiger partial charge in [0.1, 0.15) is 5.75 Å². The Morgan fingerprint density at radius 1 is 1.15 bits per heavy atom. The molecule has 2 aromatic carbocycles. The Labute approximate surface area is 157 Å². The van der Waals surface area contributed by atoms with Crippen LogP contribution in [-0.2, 0) is 14.3 Å². The second-order valence-corrected chi connectivity index (χ2v) is 6.09. The Morgan fingerprint density at radius 2 is 1.85 bits per heavy atom. The summed E-state index contributed by atoms with van der Waals surface area (Å²) in [5.74, 6) is -0.630. The van der Waals surface area contributed by atoms with Gasteiger partial charge < -0.3 is 14.8 Å². The zero-order chi connectivity index (χ0) is 19.1. The van der Waals surface area contributed by atoms with Crippen LogP contribution < -0.4 is 10.1 Å². The number of hydrogen-bond donors (Lipinski definition) is 1. The van der Waals surface area contributed by atoms with Gasteiger partial charge in [-0.2, -0.15) is 0 Å². The zero-order valence-corrected chi connectivity index (χ0v) is 15.5. The van der Waals surface area contributed by atoms with Crippen molar-refractivity contribution in [3.8, 4) is 5.75 Å².